The predicted molar refractivity (Wildman–Crippen MR) is 42.6 cm³/mol. The van der Waals surface area contributed by atoms with Gasteiger partial charge >= 0.3 is 0 Å². The molecule has 1 aliphatic rings. The zero-order valence-electron chi connectivity index (χ0n) is 5.56. The molecule has 1 saturated heterocycles. The van der Waals surface area contributed by atoms with Crippen molar-refractivity contribution in [3.8, 4) is 0 Å². The number of epoxide rings is 1. The first-order chi connectivity index (χ1) is 4.71. The molecule has 0 amide bonds. The van der Waals surface area contributed by atoms with Crippen LogP contribution in [0.15, 0.2) is 11.4 Å². The maximum absolute atomic E-state index is 5.75. The molecule has 1 atom stereocenters. The maximum atomic E-state index is 5.75. The number of hydrogen-bond donors (Lipinski definition) is 0. The molecule has 1 aromatic rings. The van der Waals surface area contributed by atoms with E-state index in [4.69, 9.17) is 16.3 Å². The second kappa shape index (κ2) is 1.97. The third-order valence-corrected chi connectivity index (χ3v) is 3.19. The van der Waals surface area contributed by atoms with Crippen molar-refractivity contribution in [2.45, 2.75) is 12.5 Å². The minimum atomic E-state index is -0.00218. The fourth-order valence-corrected chi connectivity index (χ4v) is 2.02. The van der Waals surface area contributed by atoms with Gasteiger partial charge in [-0.1, -0.05) is 11.6 Å². The quantitative estimate of drug-likeness (QED) is 0.597. The largest absolute Gasteiger partial charge is 0.364 e. The molecule has 1 fully saturated rings. The van der Waals surface area contributed by atoms with Gasteiger partial charge in [-0.25, -0.2) is 0 Å². The van der Waals surface area contributed by atoms with Crippen LogP contribution >= 0.6 is 22.9 Å². The number of thiophene rings is 1. The van der Waals surface area contributed by atoms with Crippen LogP contribution in [0.3, 0.4) is 0 Å². The van der Waals surface area contributed by atoms with Crippen LogP contribution < -0.4 is 0 Å². The summed E-state index contributed by atoms with van der Waals surface area (Å²) >= 11 is 7.41. The van der Waals surface area contributed by atoms with E-state index in [9.17, 15) is 0 Å². The molecule has 1 nitrogen and oxygen atoms in total. The molecule has 0 aliphatic carbocycles. The van der Waals surface area contributed by atoms with E-state index in [1.165, 1.54) is 4.88 Å². The minimum absolute atomic E-state index is 0.00218. The van der Waals surface area contributed by atoms with Gasteiger partial charge in [0.15, 0.2) is 0 Å². The van der Waals surface area contributed by atoms with Crippen LogP contribution in [0.2, 0.25) is 5.02 Å². The van der Waals surface area contributed by atoms with Crippen LogP contribution in [-0.2, 0) is 10.3 Å². The molecule has 0 aromatic carbocycles. The Balaban J connectivity index is 2.34. The Bertz CT molecular complexity index is 252. The highest BCUT2D eigenvalue weighted by Gasteiger charge is 2.42. The molecule has 0 N–H and O–H groups in total. The van der Waals surface area contributed by atoms with Crippen molar-refractivity contribution in [3.63, 3.8) is 0 Å². The van der Waals surface area contributed by atoms with E-state index >= 15 is 0 Å². The minimum Gasteiger partial charge on any atom is -0.364 e. The molecule has 0 radical (unpaired) electrons. The van der Waals surface area contributed by atoms with Crippen LogP contribution in [-0.4, -0.2) is 6.61 Å². The highest BCUT2D eigenvalue weighted by molar-refractivity contribution is 7.10. The maximum Gasteiger partial charge on any atom is 0.123 e. The Labute approximate surface area is 68.6 Å². The summed E-state index contributed by atoms with van der Waals surface area (Å²) in [7, 11) is 0. The summed E-state index contributed by atoms with van der Waals surface area (Å²) in [4.78, 5) is 1.23. The number of halogens is 1. The van der Waals surface area contributed by atoms with Gasteiger partial charge in [0.1, 0.15) is 5.60 Å². The molecule has 2 heterocycles. The monoisotopic (exact) mass is 174 g/mol. The van der Waals surface area contributed by atoms with Gasteiger partial charge in [-0.05, 0) is 13.0 Å². The third kappa shape index (κ3) is 0.965. The third-order valence-electron chi connectivity index (χ3n) is 1.67. The molecule has 2 rings (SSSR count). The van der Waals surface area contributed by atoms with Crippen LogP contribution in [0.25, 0.3) is 0 Å². The van der Waals surface area contributed by atoms with E-state index in [0.717, 1.165) is 11.6 Å². The highest BCUT2D eigenvalue weighted by Crippen LogP contribution is 2.41. The smallest absolute Gasteiger partial charge is 0.123 e. The summed E-state index contributed by atoms with van der Waals surface area (Å²) in [5, 5.41) is 2.75. The molecule has 0 saturated carbocycles. The first-order valence-corrected chi connectivity index (χ1v) is 4.35. The van der Waals surface area contributed by atoms with Crippen LogP contribution in [0.4, 0.5) is 0 Å². The fourth-order valence-electron chi connectivity index (χ4n) is 0.841. The molecule has 1 aromatic heterocycles. The first-order valence-electron chi connectivity index (χ1n) is 3.09. The van der Waals surface area contributed by atoms with Gasteiger partial charge in [-0.2, -0.15) is 0 Å². The van der Waals surface area contributed by atoms with Crippen LogP contribution in [0.5, 0.6) is 0 Å². The summed E-state index contributed by atoms with van der Waals surface area (Å²) in [6.45, 7) is 2.92. The SMILES string of the molecule is CC1(c2cc(Cl)cs2)CO1. The van der Waals surface area contributed by atoms with E-state index in [-0.39, 0.29) is 5.60 Å². The van der Waals surface area contributed by atoms with Crippen molar-refractivity contribution in [2.24, 2.45) is 0 Å². The average molecular weight is 175 g/mol. The van der Waals surface area contributed by atoms with E-state index in [0.29, 0.717) is 0 Å². The molecule has 3 heteroatoms. The van der Waals surface area contributed by atoms with Gasteiger partial charge in [0.2, 0.25) is 0 Å². The second-order valence-electron chi connectivity index (χ2n) is 2.65. The van der Waals surface area contributed by atoms with Gasteiger partial charge in [0, 0.05) is 10.3 Å². The number of rotatable bonds is 1. The topological polar surface area (TPSA) is 12.5 Å². The molecule has 0 bridgehead atoms. The Morgan fingerprint density at radius 2 is 2.50 bits per heavy atom. The van der Waals surface area contributed by atoms with Crippen molar-refractivity contribution in [2.75, 3.05) is 6.61 Å². The lowest BCUT2D eigenvalue weighted by Crippen LogP contribution is -1.96. The standard InChI is InChI=1S/C7H7ClOS/c1-7(4-9-7)6-2-5(8)3-10-6/h2-3H,4H2,1H3. The molecule has 1 unspecified atom stereocenters. The van der Waals surface area contributed by atoms with Crippen molar-refractivity contribution >= 4 is 22.9 Å². The van der Waals surface area contributed by atoms with E-state index in [1.54, 1.807) is 11.3 Å². The van der Waals surface area contributed by atoms with Crippen LogP contribution in [0, 0.1) is 0 Å². The Hall–Kier alpha value is -0.0500. The van der Waals surface area contributed by atoms with Crippen LogP contribution in [0.1, 0.15) is 11.8 Å². The zero-order chi connectivity index (χ0) is 7.19. The molecule has 1 aliphatic heterocycles. The molecular formula is C7H7ClOS. The van der Waals surface area contributed by atoms with E-state index < -0.39 is 0 Å². The summed E-state index contributed by atoms with van der Waals surface area (Å²) in [5.41, 5.74) is -0.00218. The Morgan fingerprint density at radius 3 is 2.90 bits per heavy atom. The molecule has 0 spiro atoms. The van der Waals surface area contributed by atoms with Gasteiger partial charge in [-0.15, -0.1) is 11.3 Å². The predicted octanol–water partition coefficient (Wildman–Crippen LogP) is 2.65. The van der Waals surface area contributed by atoms with Gasteiger partial charge in [0.05, 0.1) is 11.6 Å². The van der Waals surface area contributed by atoms with Gasteiger partial charge in [0.25, 0.3) is 0 Å². The summed E-state index contributed by atoms with van der Waals surface area (Å²) in [6.07, 6.45) is 0. The first kappa shape index (κ1) is 6.65. The van der Waals surface area contributed by atoms with Gasteiger partial charge in [-0.3, -0.25) is 0 Å². The lowest BCUT2D eigenvalue weighted by Gasteiger charge is -1.96. The summed E-state index contributed by atoms with van der Waals surface area (Å²) in [6, 6.07) is 1.97. The second-order valence-corrected chi connectivity index (χ2v) is 4.00. The normalized spacial score (nSPS) is 30.6. The highest BCUT2D eigenvalue weighted by atomic mass is 35.5. The summed E-state index contributed by atoms with van der Waals surface area (Å²) in [5.74, 6) is 0. The van der Waals surface area contributed by atoms with Gasteiger partial charge < -0.3 is 4.74 Å². The number of hydrogen-bond acceptors (Lipinski definition) is 2. The Kier molecular flexibility index (Phi) is 1.31. The van der Waals surface area contributed by atoms with Crippen molar-refractivity contribution in [3.05, 3.63) is 21.3 Å². The molecule has 10 heavy (non-hydrogen) atoms. The average Bonchev–Trinajstić information content (AvgIpc) is 2.45. The van der Waals surface area contributed by atoms with Crippen molar-refractivity contribution in [1.82, 2.24) is 0 Å². The fraction of sp³-hybridized carbons (Fsp3) is 0.429. The lowest BCUT2D eigenvalue weighted by molar-refractivity contribution is 0.333. The van der Waals surface area contributed by atoms with Crippen molar-refractivity contribution in [1.29, 1.82) is 0 Å². The van der Waals surface area contributed by atoms with Crippen molar-refractivity contribution < 1.29 is 4.74 Å². The zero-order valence-corrected chi connectivity index (χ0v) is 7.13. The Morgan fingerprint density at radius 1 is 1.80 bits per heavy atom. The summed E-state index contributed by atoms with van der Waals surface area (Å²) < 4.78 is 5.25. The lowest BCUT2D eigenvalue weighted by atomic mass is 10.2. The van der Waals surface area contributed by atoms with E-state index in [1.807, 2.05) is 11.4 Å². The molecule has 54 valence electrons. The number of ether oxygens (including phenoxy) is 1. The van der Waals surface area contributed by atoms with E-state index in [2.05, 4.69) is 6.92 Å². The molecular weight excluding hydrogens is 168 g/mol.